The maximum absolute atomic E-state index is 13.9. The molecule has 1 N–H and O–H groups in total. The first-order chi connectivity index (χ1) is 17.8. The fraction of sp³-hybridized carbons (Fsp3) is 0.333. The molecule has 2 aromatic carbocycles. The lowest BCUT2D eigenvalue weighted by molar-refractivity contribution is -0.133. The van der Waals surface area contributed by atoms with Crippen molar-refractivity contribution in [1.29, 1.82) is 0 Å². The molecule has 194 valence electrons. The van der Waals surface area contributed by atoms with E-state index in [1.807, 2.05) is 55.5 Å². The summed E-state index contributed by atoms with van der Waals surface area (Å²) in [6.45, 7) is 4.40. The Balaban J connectivity index is 1.72. The molecule has 2 heterocycles. The van der Waals surface area contributed by atoms with E-state index >= 15 is 0 Å². The zero-order valence-corrected chi connectivity index (χ0v) is 21.3. The zero-order chi connectivity index (χ0) is 26.6. The Kier molecular flexibility index (Phi) is 7.47. The summed E-state index contributed by atoms with van der Waals surface area (Å²) in [5, 5.41) is 2.96. The molecule has 1 atom stereocenters. The highest BCUT2D eigenvalue weighted by Gasteiger charge is 2.49. The van der Waals surface area contributed by atoms with E-state index in [2.05, 4.69) is 10.3 Å². The van der Waals surface area contributed by atoms with Crippen LogP contribution in [-0.2, 0) is 29.2 Å². The minimum atomic E-state index is -1.31. The number of fused-ring (bicyclic) bond motifs is 1. The molecule has 1 aromatic heterocycles. The summed E-state index contributed by atoms with van der Waals surface area (Å²) in [5.74, 6) is -0.331. The SMILES string of the molecule is CCOc1ccccc1CN1C(=O)c2c(C(=O)OC)ncn2C[C@]1(C)C(=O)NCc1ccccc1OC. The molecule has 37 heavy (non-hydrogen) atoms. The predicted octanol–water partition coefficient (Wildman–Crippen LogP) is 2.81. The molecule has 0 saturated heterocycles. The molecule has 1 aliphatic heterocycles. The summed E-state index contributed by atoms with van der Waals surface area (Å²) in [5.41, 5.74) is 0.213. The first-order valence-electron chi connectivity index (χ1n) is 11.9. The van der Waals surface area contributed by atoms with Crippen molar-refractivity contribution in [3.8, 4) is 11.5 Å². The molecule has 0 aliphatic carbocycles. The fourth-order valence-electron chi connectivity index (χ4n) is 4.50. The Labute approximate surface area is 215 Å². The van der Waals surface area contributed by atoms with Gasteiger partial charge in [0.1, 0.15) is 22.7 Å². The largest absolute Gasteiger partial charge is 0.496 e. The van der Waals surface area contributed by atoms with E-state index in [9.17, 15) is 14.4 Å². The maximum Gasteiger partial charge on any atom is 0.359 e. The number of aromatic nitrogens is 2. The Hall–Kier alpha value is -4.34. The van der Waals surface area contributed by atoms with Gasteiger partial charge in [0.2, 0.25) is 5.91 Å². The minimum absolute atomic E-state index is 0.0794. The van der Waals surface area contributed by atoms with E-state index in [1.54, 1.807) is 14.0 Å². The second-order valence-corrected chi connectivity index (χ2v) is 8.76. The zero-order valence-electron chi connectivity index (χ0n) is 21.3. The van der Waals surface area contributed by atoms with Gasteiger partial charge in [-0.15, -0.1) is 0 Å². The molecule has 0 bridgehead atoms. The smallest absolute Gasteiger partial charge is 0.359 e. The van der Waals surface area contributed by atoms with Crippen molar-refractivity contribution < 1.29 is 28.6 Å². The van der Waals surface area contributed by atoms with Crippen molar-refractivity contribution in [2.75, 3.05) is 20.8 Å². The van der Waals surface area contributed by atoms with E-state index in [0.29, 0.717) is 18.1 Å². The summed E-state index contributed by atoms with van der Waals surface area (Å²) in [6.07, 6.45) is 1.39. The Bertz CT molecular complexity index is 1320. The normalized spacial score (nSPS) is 16.6. The van der Waals surface area contributed by atoms with Gasteiger partial charge < -0.3 is 29.0 Å². The van der Waals surface area contributed by atoms with Crippen LogP contribution in [0.25, 0.3) is 0 Å². The van der Waals surface area contributed by atoms with Gasteiger partial charge >= 0.3 is 5.97 Å². The highest BCUT2D eigenvalue weighted by atomic mass is 16.5. The first-order valence-corrected chi connectivity index (χ1v) is 11.9. The van der Waals surface area contributed by atoms with Crippen molar-refractivity contribution >= 4 is 17.8 Å². The molecule has 0 radical (unpaired) electrons. The average molecular weight is 507 g/mol. The highest BCUT2D eigenvalue weighted by Crippen LogP contribution is 2.33. The number of amides is 2. The van der Waals surface area contributed by atoms with Gasteiger partial charge in [-0.2, -0.15) is 0 Å². The summed E-state index contributed by atoms with van der Waals surface area (Å²) in [4.78, 5) is 45.6. The number of rotatable bonds is 9. The number of esters is 1. The standard InChI is InChI=1S/C27H30N4O6/c1-5-37-21-13-9-7-11-19(21)15-31-24(32)23-22(25(33)36-4)29-17-30(23)16-27(31,2)26(34)28-14-18-10-6-8-12-20(18)35-3/h6-13,17H,5,14-16H2,1-4H3,(H,28,34)/t27-/m1/s1. The molecular weight excluding hydrogens is 476 g/mol. The topological polar surface area (TPSA) is 112 Å². The van der Waals surface area contributed by atoms with E-state index < -0.39 is 17.4 Å². The monoisotopic (exact) mass is 506 g/mol. The van der Waals surface area contributed by atoms with Crippen molar-refractivity contribution in [2.24, 2.45) is 0 Å². The number of nitrogens with zero attached hydrogens (tertiary/aromatic N) is 3. The number of benzene rings is 2. The number of hydrogen-bond acceptors (Lipinski definition) is 7. The third kappa shape index (κ3) is 4.87. The molecule has 2 amide bonds. The number of carbonyl (C=O) groups is 3. The number of ether oxygens (including phenoxy) is 3. The van der Waals surface area contributed by atoms with Gasteiger partial charge in [-0.25, -0.2) is 9.78 Å². The molecule has 3 aromatic rings. The van der Waals surface area contributed by atoms with Crippen LogP contribution in [-0.4, -0.2) is 58.6 Å². The lowest BCUT2D eigenvalue weighted by Gasteiger charge is -2.44. The van der Waals surface area contributed by atoms with Gasteiger partial charge in [-0.1, -0.05) is 36.4 Å². The third-order valence-electron chi connectivity index (χ3n) is 6.46. The first kappa shape index (κ1) is 25.7. The Morgan fingerprint density at radius 3 is 2.41 bits per heavy atom. The van der Waals surface area contributed by atoms with E-state index in [-0.39, 0.29) is 36.9 Å². The van der Waals surface area contributed by atoms with E-state index in [4.69, 9.17) is 14.2 Å². The van der Waals surface area contributed by atoms with Gasteiger partial charge in [0.25, 0.3) is 5.91 Å². The summed E-state index contributed by atoms with van der Waals surface area (Å²) in [7, 11) is 2.80. The average Bonchev–Trinajstić information content (AvgIpc) is 3.34. The molecule has 10 nitrogen and oxygen atoms in total. The summed E-state index contributed by atoms with van der Waals surface area (Å²) < 4.78 is 17.5. The van der Waals surface area contributed by atoms with Crippen LogP contribution in [0.4, 0.5) is 0 Å². The fourth-order valence-corrected chi connectivity index (χ4v) is 4.50. The number of carbonyl (C=O) groups excluding carboxylic acids is 3. The molecule has 0 spiro atoms. The molecule has 1 aliphatic rings. The predicted molar refractivity (Wildman–Crippen MR) is 134 cm³/mol. The van der Waals surface area contributed by atoms with Gasteiger partial charge in [-0.05, 0) is 26.0 Å². The summed E-state index contributed by atoms with van der Waals surface area (Å²) in [6, 6.07) is 14.7. The number of imidazole rings is 1. The molecule has 4 rings (SSSR count). The number of methoxy groups -OCH3 is 2. The molecule has 0 fully saturated rings. The molecular formula is C27H30N4O6. The van der Waals surface area contributed by atoms with Crippen LogP contribution in [0.15, 0.2) is 54.9 Å². The van der Waals surface area contributed by atoms with Crippen LogP contribution in [0.1, 0.15) is 46.0 Å². The second kappa shape index (κ2) is 10.7. The number of nitrogens with one attached hydrogen (secondary N) is 1. The third-order valence-corrected chi connectivity index (χ3v) is 6.46. The van der Waals surface area contributed by atoms with Crippen molar-refractivity contribution in [1.82, 2.24) is 19.8 Å². The number of para-hydroxylation sites is 2. The molecule has 0 unspecified atom stereocenters. The van der Waals surface area contributed by atoms with Crippen LogP contribution < -0.4 is 14.8 Å². The van der Waals surface area contributed by atoms with Crippen LogP contribution in [0.5, 0.6) is 11.5 Å². The minimum Gasteiger partial charge on any atom is -0.496 e. The van der Waals surface area contributed by atoms with Crippen LogP contribution in [0.2, 0.25) is 0 Å². The quantitative estimate of drug-likeness (QED) is 0.444. The second-order valence-electron chi connectivity index (χ2n) is 8.76. The Morgan fingerprint density at radius 1 is 1.05 bits per heavy atom. The summed E-state index contributed by atoms with van der Waals surface area (Å²) >= 11 is 0. The van der Waals surface area contributed by atoms with Gasteiger partial charge in [0.15, 0.2) is 5.69 Å². The molecule has 0 saturated carbocycles. The van der Waals surface area contributed by atoms with E-state index in [0.717, 1.165) is 11.1 Å². The highest BCUT2D eigenvalue weighted by molar-refractivity contribution is 6.06. The van der Waals surface area contributed by atoms with Crippen molar-refractivity contribution in [2.45, 2.75) is 39.0 Å². The number of hydrogen-bond donors (Lipinski definition) is 1. The van der Waals surface area contributed by atoms with E-state index in [1.165, 1.54) is 22.9 Å². The van der Waals surface area contributed by atoms with Crippen LogP contribution in [0.3, 0.4) is 0 Å². The maximum atomic E-state index is 13.9. The Morgan fingerprint density at radius 2 is 1.73 bits per heavy atom. The van der Waals surface area contributed by atoms with Crippen molar-refractivity contribution in [3.05, 3.63) is 77.4 Å². The lowest BCUT2D eigenvalue weighted by atomic mass is 9.93. The van der Waals surface area contributed by atoms with Gasteiger partial charge in [0.05, 0.1) is 40.2 Å². The van der Waals surface area contributed by atoms with Crippen molar-refractivity contribution in [3.63, 3.8) is 0 Å². The van der Waals surface area contributed by atoms with Crippen LogP contribution >= 0.6 is 0 Å². The van der Waals surface area contributed by atoms with Gasteiger partial charge in [-0.3, -0.25) is 9.59 Å². The van der Waals surface area contributed by atoms with Crippen LogP contribution in [0, 0.1) is 0 Å². The van der Waals surface area contributed by atoms with Gasteiger partial charge in [0, 0.05) is 17.7 Å². The lowest BCUT2D eigenvalue weighted by Crippen LogP contribution is -2.63. The molecule has 10 heteroatoms.